The van der Waals surface area contributed by atoms with Gasteiger partial charge in [0.25, 0.3) is 10.0 Å². The summed E-state index contributed by atoms with van der Waals surface area (Å²) >= 11 is 0. The number of alkyl halides is 3. The molecule has 0 saturated heterocycles. The van der Waals surface area contributed by atoms with E-state index in [0.717, 1.165) is 23.1 Å². The van der Waals surface area contributed by atoms with E-state index in [2.05, 4.69) is 53.1 Å². The van der Waals surface area contributed by atoms with Crippen molar-refractivity contribution in [3.05, 3.63) is 90.6 Å². The molecule has 1 heterocycles. The molecule has 0 atom stereocenters. The van der Waals surface area contributed by atoms with Gasteiger partial charge in [-0.05, 0) is 41.0 Å². The summed E-state index contributed by atoms with van der Waals surface area (Å²) in [5.74, 6) is -2.76. The van der Waals surface area contributed by atoms with Gasteiger partial charge in [-0.3, -0.25) is 9.71 Å². The fraction of sp³-hybridized carbons (Fsp3) is 0.185. The molecular formula is C27H26F3N3O4S. The lowest BCUT2D eigenvalue weighted by molar-refractivity contribution is -0.192. The number of hydrogen-bond acceptors (Lipinski definition) is 5. The van der Waals surface area contributed by atoms with Gasteiger partial charge < -0.3 is 10.4 Å². The number of nitrogens with one attached hydrogen (secondary N) is 2. The van der Waals surface area contributed by atoms with Crippen molar-refractivity contribution in [2.75, 3.05) is 4.72 Å². The second-order valence-corrected chi connectivity index (χ2v) is 10.2. The van der Waals surface area contributed by atoms with Gasteiger partial charge in [0, 0.05) is 29.9 Å². The van der Waals surface area contributed by atoms with Gasteiger partial charge in [0.15, 0.2) is 0 Å². The molecule has 0 aliphatic rings. The Morgan fingerprint density at radius 1 is 0.921 bits per heavy atom. The highest BCUT2D eigenvalue weighted by atomic mass is 32.2. The van der Waals surface area contributed by atoms with Gasteiger partial charge in [0.1, 0.15) is 4.90 Å². The third-order valence-corrected chi connectivity index (χ3v) is 6.68. The van der Waals surface area contributed by atoms with Crippen LogP contribution in [0.4, 0.5) is 18.9 Å². The van der Waals surface area contributed by atoms with Crippen LogP contribution in [0.25, 0.3) is 22.0 Å². The van der Waals surface area contributed by atoms with Crippen LogP contribution in [-0.4, -0.2) is 36.7 Å². The second kappa shape index (κ2) is 12.1. The van der Waals surface area contributed by atoms with E-state index >= 15 is 0 Å². The second-order valence-electron chi connectivity index (χ2n) is 8.55. The van der Waals surface area contributed by atoms with Crippen LogP contribution in [0.5, 0.6) is 0 Å². The molecule has 0 fully saturated rings. The summed E-state index contributed by atoms with van der Waals surface area (Å²) in [7, 11) is -3.76. The zero-order valence-corrected chi connectivity index (χ0v) is 21.3. The van der Waals surface area contributed by atoms with Gasteiger partial charge in [-0.25, -0.2) is 13.2 Å². The first-order valence-corrected chi connectivity index (χ1v) is 12.9. The average Bonchev–Trinajstić information content (AvgIpc) is 2.87. The van der Waals surface area contributed by atoms with Crippen molar-refractivity contribution in [3.63, 3.8) is 0 Å². The monoisotopic (exact) mass is 545 g/mol. The minimum atomic E-state index is -5.08. The van der Waals surface area contributed by atoms with E-state index in [1.165, 1.54) is 5.56 Å². The molecule has 0 bridgehead atoms. The molecule has 0 saturated carbocycles. The lowest BCUT2D eigenvalue weighted by Gasteiger charge is -2.11. The highest BCUT2D eigenvalue weighted by molar-refractivity contribution is 7.93. The van der Waals surface area contributed by atoms with Crippen LogP contribution < -0.4 is 10.0 Å². The lowest BCUT2D eigenvalue weighted by Crippen LogP contribution is -2.21. The molecule has 38 heavy (non-hydrogen) atoms. The number of anilines is 1. The average molecular weight is 546 g/mol. The summed E-state index contributed by atoms with van der Waals surface area (Å²) < 4.78 is 60.3. The van der Waals surface area contributed by atoms with Gasteiger partial charge in [0.2, 0.25) is 0 Å². The molecule has 200 valence electrons. The van der Waals surface area contributed by atoms with E-state index in [9.17, 15) is 21.6 Å². The zero-order chi connectivity index (χ0) is 27.9. The molecule has 4 rings (SSSR count). The Bertz CT molecular complexity index is 1480. The smallest absolute Gasteiger partial charge is 0.475 e. The van der Waals surface area contributed by atoms with Crippen LogP contribution in [0.2, 0.25) is 0 Å². The Labute approximate surface area is 218 Å². The number of aromatic nitrogens is 1. The molecule has 1 aromatic heterocycles. The number of benzene rings is 3. The molecule has 7 nitrogen and oxygen atoms in total. The molecule has 11 heteroatoms. The zero-order valence-electron chi connectivity index (χ0n) is 20.5. The molecule has 0 unspecified atom stereocenters. The summed E-state index contributed by atoms with van der Waals surface area (Å²) in [6.45, 7) is 5.09. The SMILES string of the molecule is CC(C)NCc1ccc(-c2ccc(NS(=O)(=O)c3cccc4cccnc34)cc2)cc1.O=C(O)C(F)(F)F. The molecule has 0 aliphatic heterocycles. The van der Waals surface area contributed by atoms with Crippen LogP contribution in [0.1, 0.15) is 19.4 Å². The molecular weight excluding hydrogens is 519 g/mol. The Morgan fingerprint density at radius 2 is 1.47 bits per heavy atom. The fourth-order valence-electron chi connectivity index (χ4n) is 3.37. The van der Waals surface area contributed by atoms with Crippen LogP contribution in [0, 0.1) is 0 Å². The number of para-hydroxylation sites is 1. The molecule has 3 aromatic carbocycles. The standard InChI is InChI=1S/C25H25N3O2S.C2HF3O2/c1-18(2)27-17-19-8-10-20(11-9-19)21-12-14-23(15-13-21)28-31(29,30)24-7-3-5-22-6-4-16-26-25(22)24;3-2(4,5)1(6)7/h3-16,18,27-28H,17H2,1-2H3;(H,6,7). The van der Waals surface area contributed by atoms with E-state index in [1.54, 1.807) is 36.5 Å². The highest BCUT2D eigenvalue weighted by Gasteiger charge is 2.38. The summed E-state index contributed by atoms with van der Waals surface area (Å²) in [5.41, 5.74) is 4.31. The highest BCUT2D eigenvalue weighted by Crippen LogP contribution is 2.26. The fourth-order valence-corrected chi connectivity index (χ4v) is 4.61. The van der Waals surface area contributed by atoms with E-state index in [1.807, 2.05) is 24.3 Å². The Morgan fingerprint density at radius 3 is 2.03 bits per heavy atom. The Balaban J connectivity index is 0.000000505. The van der Waals surface area contributed by atoms with Gasteiger partial charge >= 0.3 is 12.1 Å². The van der Waals surface area contributed by atoms with Crippen LogP contribution in [-0.2, 0) is 21.4 Å². The van der Waals surface area contributed by atoms with E-state index in [0.29, 0.717) is 17.2 Å². The quantitative estimate of drug-likeness (QED) is 0.270. The molecule has 4 aromatic rings. The van der Waals surface area contributed by atoms with Crippen molar-refractivity contribution in [1.29, 1.82) is 0 Å². The van der Waals surface area contributed by atoms with Crippen molar-refractivity contribution in [3.8, 4) is 11.1 Å². The number of carboxylic acid groups (broad SMARTS) is 1. The van der Waals surface area contributed by atoms with E-state index in [-0.39, 0.29) is 4.90 Å². The van der Waals surface area contributed by atoms with Gasteiger partial charge in [-0.2, -0.15) is 13.2 Å². The predicted octanol–water partition coefficient (Wildman–Crippen LogP) is 5.83. The summed E-state index contributed by atoms with van der Waals surface area (Å²) in [4.78, 5) is 13.3. The van der Waals surface area contributed by atoms with Crippen molar-refractivity contribution < 1.29 is 31.5 Å². The maximum absolute atomic E-state index is 13.0. The number of carbonyl (C=O) groups is 1. The molecule has 0 amide bonds. The maximum atomic E-state index is 13.0. The Hall–Kier alpha value is -3.96. The third kappa shape index (κ3) is 7.77. The predicted molar refractivity (Wildman–Crippen MR) is 140 cm³/mol. The van der Waals surface area contributed by atoms with Crippen molar-refractivity contribution in [2.24, 2.45) is 0 Å². The molecule has 0 radical (unpaired) electrons. The number of rotatable bonds is 7. The van der Waals surface area contributed by atoms with Crippen molar-refractivity contribution in [1.82, 2.24) is 10.3 Å². The van der Waals surface area contributed by atoms with Crippen LogP contribution >= 0.6 is 0 Å². The number of fused-ring (bicyclic) bond motifs is 1. The minimum absolute atomic E-state index is 0.167. The molecule has 0 spiro atoms. The first kappa shape index (κ1) is 28.6. The van der Waals surface area contributed by atoms with Crippen LogP contribution in [0.15, 0.2) is 90.0 Å². The number of carboxylic acids is 1. The first-order valence-electron chi connectivity index (χ1n) is 11.5. The number of halogens is 3. The van der Waals surface area contributed by atoms with Crippen LogP contribution in [0.3, 0.4) is 0 Å². The number of nitrogens with zero attached hydrogens (tertiary/aromatic N) is 1. The van der Waals surface area contributed by atoms with Gasteiger partial charge in [-0.15, -0.1) is 0 Å². The summed E-state index contributed by atoms with van der Waals surface area (Å²) in [5, 5.41) is 11.3. The van der Waals surface area contributed by atoms with Crippen molar-refractivity contribution >= 4 is 32.6 Å². The van der Waals surface area contributed by atoms with E-state index < -0.39 is 22.2 Å². The molecule has 3 N–H and O–H groups in total. The number of sulfonamides is 1. The third-order valence-electron chi connectivity index (χ3n) is 5.27. The lowest BCUT2D eigenvalue weighted by atomic mass is 10.0. The number of pyridine rings is 1. The van der Waals surface area contributed by atoms with Gasteiger partial charge in [0.05, 0.1) is 5.52 Å². The first-order chi connectivity index (χ1) is 17.9. The van der Waals surface area contributed by atoms with Gasteiger partial charge in [-0.1, -0.05) is 68.4 Å². The minimum Gasteiger partial charge on any atom is -0.475 e. The molecule has 0 aliphatic carbocycles. The summed E-state index contributed by atoms with van der Waals surface area (Å²) in [6, 6.07) is 25.0. The largest absolute Gasteiger partial charge is 0.490 e. The van der Waals surface area contributed by atoms with E-state index in [4.69, 9.17) is 9.90 Å². The maximum Gasteiger partial charge on any atom is 0.490 e. The van der Waals surface area contributed by atoms with Crippen molar-refractivity contribution in [2.45, 2.75) is 37.5 Å². The normalized spacial score (nSPS) is 11.6. The number of hydrogen-bond donors (Lipinski definition) is 3. The number of aliphatic carboxylic acids is 1. The topological polar surface area (TPSA) is 108 Å². The Kier molecular flexibility index (Phi) is 9.08. The summed E-state index contributed by atoms with van der Waals surface area (Å²) in [6.07, 6.45) is -3.49.